The first-order valence-electron chi connectivity index (χ1n) is 11.8. The van der Waals surface area contributed by atoms with Gasteiger partial charge < -0.3 is 24.7 Å². The quantitative estimate of drug-likeness (QED) is 0.211. The molecule has 0 bridgehead atoms. The highest BCUT2D eigenvalue weighted by Crippen LogP contribution is 2.37. The van der Waals surface area contributed by atoms with Crippen LogP contribution in [0.4, 0.5) is 5.69 Å². The van der Waals surface area contributed by atoms with Crippen LogP contribution in [-0.2, 0) is 4.79 Å². The summed E-state index contributed by atoms with van der Waals surface area (Å²) in [6.07, 6.45) is 0. The number of phenols is 1. The molecular formula is C31H20ClNO6. The average Bonchev–Trinajstić information content (AvgIpc) is 3.28. The lowest BCUT2D eigenvalue weighted by Crippen LogP contribution is -2.20. The van der Waals surface area contributed by atoms with Gasteiger partial charge in [0.1, 0.15) is 22.6 Å². The van der Waals surface area contributed by atoms with Gasteiger partial charge in [0.05, 0.1) is 5.56 Å². The van der Waals surface area contributed by atoms with Crippen LogP contribution >= 0.6 is 11.6 Å². The molecule has 8 heteroatoms. The lowest BCUT2D eigenvalue weighted by atomic mass is 10.0. The maximum atomic E-state index is 12.2. The Morgan fingerprint density at radius 3 is 2.41 bits per heavy atom. The van der Waals surface area contributed by atoms with Gasteiger partial charge in [0.25, 0.3) is 5.91 Å². The van der Waals surface area contributed by atoms with E-state index in [1.54, 1.807) is 60.7 Å². The molecule has 0 saturated heterocycles. The second-order valence-electron chi connectivity index (χ2n) is 8.46. The van der Waals surface area contributed by atoms with E-state index in [1.165, 1.54) is 12.1 Å². The van der Waals surface area contributed by atoms with Crippen molar-refractivity contribution in [3.8, 4) is 34.7 Å². The Hall–Kier alpha value is -5.19. The van der Waals surface area contributed by atoms with Crippen LogP contribution in [0, 0.1) is 11.8 Å². The Bertz CT molecular complexity index is 1750. The lowest BCUT2D eigenvalue weighted by molar-refractivity contribution is -0.118. The summed E-state index contributed by atoms with van der Waals surface area (Å²) in [5.41, 5.74) is 2.44. The number of hydrogen-bond donors (Lipinski definition) is 3. The van der Waals surface area contributed by atoms with Crippen molar-refractivity contribution < 1.29 is 29.0 Å². The van der Waals surface area contributed by atoms with E-state index in [1.807, 2.05) is 18.2 Å². The largest absolute Gasteiger partial charge is 0.507 e. The fraction of sp³-hybridized carbons (Fsp3) is 0.0323. The molecule has 5 aromatic rings. The molecule has 0 aliphatic carbocycles. The maximum Gasteiger partial charge on any atom is 0.339 e. The molecule has 0 unspecified atom stereocenters. The molecule has 1 heterocycles. The van der Waals surface area contributed by atoms with Gasteiger partial charge in [0.2, 0.25) is 0 Å². The van der Waals surface area contributed by atoms with Gasteiger partial charge in [-0.1, -0.05) is 47.7 Å². The highest BCUT2D eigenvalue weighted by molar-refractivity contribution is 6.30. The monoisotopic (exact) mass is 537 g/mol. The van der Waals surface area contributed by atoms with E-state index in [0.717, 1.165) is 0 Å². The predicted octanol–water partition coefficient (Wildman–Crippen LogP) is 6.57. The van der Waals surface area contributed by atoms with Crippen molar-refractivity contribution in [1.82, 2.24) is 0 Å². The summed E-state index contributed by atoms with van der Waals surface area (Å²) in [4.78, 5) is 23.8. The van der Waals surface area contributed by atoms with Crippen LogP contribution in [-0.4, -0.2) is 28.7 Å². The number of carboxylic acids is 1. The van der Waals surface area contributed by atoms with Crippen molar-refractivity contribution in [1.29, 1.82) is 0 Å². The number of carbonyl (C=O) groups excluding carboxylic acids is 1. The number of carbonyl (C=O) groups is 2. The Morgan fingerprint density at radius 2 is 1.69 bits per heavy atom. The minimum absolute atomic E-state index is 0.174. The standard InChI is InChI=1S/C31H20ClNO6/c32-21-6-4-5-19(15-21)9-14-24-25-16-26(31(36)37)27(34)17-28(25)39-30(24)20-10-12-23(13-11-20)38-18-29(35)33-22-7-2-1-3-8-22/h1-8,10-13,15-17,34H,18H2,(H,33,35)(H,36,37). The first-order valence-corrected chi connectivity index (χ1v) is 12.1. The van der Waals surface area contributed by atoms with Crippen molar-refractivity contribution in [2.75, 3.05) is 11.9 Å². The second kappa shape index (κ2) is 11.1. The number of para-hydroxylation sites is 1. The van der Waals surface area contributed by atoms with Gasteiger partial charge in [0, 0.05) is 33.3 Å². The molecule has 5 rings (SSSR count). The summed E-state index contributed by atoms with van der Waals surface area (Å²) in [7, 11) is 0. The Morgan fingerprint density at radius 1 is 0.923 bits per heavy atom. The number of halogens is 1. The Labute approximate surface area is 228 Å². The molecular weight excluding hydrogens is 518 g/mol. The van der Waals surface area contributed by atoms with E-state index >= 15 is 0 Å². The summed E-state index contributed by atoms with van der Waals surface area (Å²) >= 11 is 6.08. The van der Waals surface area contributed by atoms with Crippen LogP contribution in [0.25, 0.3) is 22.3 Å². The number of anilines is 1. The van der Waals surface area contributed by atoms with Crippen LogP contribution in [0.15, 0.2) is 95.4 Å². The number of hydrogen-bond acceptors (Lipinski definition) is 5. The summed E-state index contributed by atoms with van der Waals surface area (Å²) in [6.45, 7) is -0.174. The van der Waals surface area contributed by atoms with E-state index in [2.05, 4.69) is 17.2 Å². The van der Waals surface area contributed by atoms with Gasteiger partial charge >= 0.3 is 5.97 Å². The number of ether oxygens (including phenoxy) is 1. The molecule has 7 nitrogen and oxygen atoms in total. The van der Waals surface area contributed by atoms with Crippen molar-refractivity contribution in [2.24, 2.45) is 0 Å². The number of nitrogens with one attached hydrogen (secondary N) is 1. The lowest BCUT2D eigenvalue weighted by Gasteiger charge is -2.08. The van der Waals surface area contributed by atoms with Gasteiger partial charge in [0.15, 0.2) is 12.4 Å². The zero-order chi connectivity index (χ0) is 27.4. The number of fused-ring (bicyclic) bond motifs is 1. The smallest absolute Gasteiger partial charge is 0.339 e. The summed E-state index contributed by atoms with van der Waals surface area (Å²) in [6, 6.07) is 25.6. The minimum Gasteiger partial charge on any atom is -0.507 e. The molecule has 39 heavy (non-hydrogen) atoms. The zero-order valence-electron chi connectivity index (χ0n) is 20.3. The Balaban J connectivity index is 1.45. The third-order valence-corrected chi connectivity index (χ3v) is 5.97. The maximum absolute atomic E-state index is 12.2. The molecule has 1 aromatic heterocycles. The van der Waals surface area contributed by atoms with Gasteiger partial charge in [-0.25, -0.2) is 4.79 Å². The van der Waals surface area contributed by atoms with Crippen LogP contribution in [0.2, 0.25) is 5.02 Å². The summed E-state index contributed by atoms with van der Waals surface area (Å²) in [5.74, 6) is 4.99. The van der Waals surface area contributed by atoms with E-state index in [9.17, 15) is 19.8 Å². The van der Waals surface area contributed by atoms with Crippen LogP contribution < -0.4 is 10.1 Å². The molecule has 1 amide bonds. The second-order valence-corrected chi connectivity index (χ2v) is 8.90. The van der Waals surface area contributed by atoms with Crippen molar-refractivity contribution in [3.05, 3.63) is 113 Å². The molecule has 0 aliphatic rings. The molecule has 0 radical (unpaired) electrons. The van der Waals surface area contributed by atoms with Crippen molar-refractivity contribution in [3.63, 3.8) is 0 Å². The number of aromatic carboxylic acids is 1. The third kappa shape index (κ3) is 5.87. The van der Waals surface area contributed by atoms with Crippen LogP contribution in [0.1, 0.15) is 21.5 Å². The molecule has 192 valence electrons. The fourth-order valence-corrected chi connectivity index (χ4v) is 4.09. The topological polar surface area (TPSA) is 109 Å². The number of aromatic hydroxyl groups is 1. The van der Waals surface area contributed by atoms with Gasteiger partial charge in [-0.05, 0) is 60.7 Å². The molecule has 0 fully saturated rings. The van der Waals surface area contributed by atoms with Gasteiger partial charge in [-0.15, -0.1) is 0 Å². The molecule has 3 N–H and O–H groups in total. The normalized spacial score (nSPS) is 10.5. The average molecular weight is 538 g/mol. The number of benzene rings is 4. The zero-order valence-corrected chi connectivity index (χ0v) is 21.0. The highest BCUT2D eigenvalue weighted by atomic mass is 35.5. The van der Waals surface area contributed by atoms with Crippen molar-refractivity contribution in [2.45, 2.75) is 0 Å². The summed E-state index contributed by atoms with van der Waals surface area (Å²) in [5, 5.41) is 23.4. The molecule has 4 aromatic carbocycles. The van der Waals surface area contributed by atoms with Gasteiger partial charge in [-0.3, -0.25) is 4.79 Å². The van der Waals surface area contributed by atoms with E-state index < -0.39 is 11.7 Å². The number of amides is 1. The van der Waals surface area contributed by atoms with E-state index in [-0.39, 0.29) is 23.7 Å². The third-order valence-electron chi connectivity index (χ3n) is 5.74. The number of rotatable bonds is 6. The van der Waals surface area contributed by atoms with Crippen LogP contribution in [0.3, 0.4) is 0 Å². The minimum atomic E-state index is -1.27. The van der Waals surface area contributed by atoms with Gasteiger partial charge in [-0.2, -0.15) is 0 Å². The molecule has 0 saturated carbocycles. The van der Waals surface area contributed by atoms with Crippen LogP contribution in [0.5, 0.6) is 11.5 Å². The van der Waals surface area contributed by atoms with E-state index in [4.69, 9.17) is 20.8 Å². The predicted molar refractivity (Wildman–Crippen MR) is 148 cm³/mol. The van der Waals surface area contributed by atoms with Crippen molar-refractivity contribution >= 4 is 40.1 Å². The fourth-order valence-electron chi connectivity index (χ4n) is 3.90. The number of carboxylic acid groups (broad SMARTS) is 1. The molecule has 0 aliphatic heterocycles. The first-order chi connectivity index (χ1) is 18.9. The molecule has 0 atom stereocenters. The highest BCUT2D eigenvalue weighted by Gasteiger charge is 2.20. The summed E-state index contributed by atoms with van der Waals surface area (Å²) < 4.78 is 11.6. The molecule has 0 spiro atoms. The Kier molecular flexibility index (Phi) is 7.21. The SMILES string of the molecule is O=C(COc1ccc(-c2oc3cc(O)c(C(=O)O)cc3c2C#Cc2cccc(Cl)c2)cc1)Nc1ccccc1. The number of furan rings is 1. The van der Waals surface area contributed by atoms with E-state index in [0.29, 0.717) is 44.3 Å². The first kappa shape index (κ1) is 25.5.